The van der Waals surface area contributed by atoms with Crippen LogP contribution in [0.2, 0.25) is 5.02 Å². The third kappa shape index (κ3) is 3.74. The Bertz CT molecular complexity index is 756. The van der Waals surface area contributed by atoms with Gasteiger partial charge in [0.25, 0.3) is 5.56 Å². The van der Waals surface area contributed by atoms with Gasteiger partial charge < -0.3 is 10.3 Å². The van der Waals surface area contributed by atoms with E-state index in [0.29, 0.717) is 6.04 Å². The third-order valence-electron chi connectivity index (χ3n) is 4.29. The zero-order chi connectivity index (χ0) is 16.2. The lowest BCUT2D eigenvalue weighted by molar-refractivity contribution is 0.728. The zero-order valence-corrected chi connectivity index (χ0v) is 14.0. The van der Waals surface area contributed by atoms with Crippen molar-refractivity contribution in [1.29, 1.82) is 0 Å². The summed E-state index contributed by atoms with van der Waals surface area (Å²) in [7, 11) is 0. The lowest BCUT2D eigenvalue weighted by Crippen LogP contribution is -2.19. The summed E-state index contributed by atoms with van der Waals surface area (Å²) in [6, 6.07) is 12.4. The number of aromatic amines is 1. The Morgan fingerprint density at radius 3 is 2.65 bits per heavy atom. The van der Waals surface area contributed by atoms with Crippen LogP contribution >= 0.6 is 11.6 Å². The molecule has 0 aliphatic carbocycles. The van der Waals surface area contributed by atoms with Gasteiger partial charge in [0.15, 0.2) is 0 Å². The minimum atomic E-state index is -0.250. The summed E-state index contributed by atoms with van der Waals surface area (Å²) in [4.78, 5) is 14.8. The molecule has 4 heteroatoms. The average molecular weight is 329 g/mol. The molecule has 1 atom stereocenters. The Kier molecular flexibility index (Phi) is 4.99. The van der Waals surface area contributed by atoms with E-state index in [4.69, 9.17) is 11.6 Å². The van der Waals surface area contributed by atoms with Gasteiger partial charge in [-0.25, -0.2) is 0 Å². The summed E-state index contributed by atoms with van der Waals surface area (Å²) in [6.45, 7) is 3.19. The van der Waals surface area contributed by atoms with Crippen molar-refractivity contribution >= 4 is 17.2 Å². The van der Waals surface area contributed by atoms with Crippen molar-refractivity contribution in [2.75, 3.05) is 6.54 Å². The van der Waals surface area contributed by atoms with Crippen LogP contribution in [0.3, 0.4) is 0 Å². The first-order chi connectivity index (χ1) is 11.2. The quantitative estimate of drug-likeness (QED) is 0.897. The van der Waals surface area contributed by atoms with Gasteiger partial charge in [-0.1, -0.05) is 48.9 Å². The summed E-state index contributed by atoms with van der Waals surface area (Å²) in [5.41, 5.74) is 4.00. The molecule has 2 N–H and O–H groups in total. The maximum absolute atomic E-state index is 11.9. The monoisotopic (exact) mass is 328 g/mol. The normalized spacial score (nSPS) is 18.3. The van der Waals surface area contributed by atoms with Gasteiger partial charge in [-0.2, -0.15) is 0 Å². The van der Waals surface area contributed by atoms with Gasteiger partial charge in [-0.15, -0.1) is 0 Å². The van der Waals surface area contributed by atoms with E-state index in [2.05, 4.69) is 47.6 Å². The molecule has 0 amide bonds. The van der Waals surface area contributed by atoms with Crippen LogP contribution in [0.1, 0.15) is 36.6 Å². The summed E-state index contributed by atoms with van der Waals surface area (Å²) >= 11 is 5.87. The molecule has 1 aliphatic heterocycles. The Morgan fingerprint density at radius 1 is 1.26 bits per heavy atom. The second-order valence-electron chi connectivity index (χ2n) is 5.88. The van der Waals surface area contributed by atoms with Gasteiger partial charge in [0.1, 0.15) is 5.02 Å². The van der Waals surface area contributed by atoms with Gasteiger partial charge in [-0.3, -0.25) is 4.79 Å². The Balaban J connectivity index is 2.04. The lowest BCUT2D eigenvalue weighted by Gasteiger charge is -2.13. The molecule has 2 heterocycles. The molecule has 23 heavy (non-hydrogen) atoms. The summed E-state index contributed by atoms with van der Waals surface area (Å²) in [5, 5.41) is 3.70. The number of hydrogen-bond acceptors (Lipinski definition) is 2. The predicted octanol–water partition coefficient (Wildman–Crippen LogP) is 3.77. The predicted molar refractivity (Wildman–Crippen MR) is 96.0 cm³/mol. The SMILES string of the molecule is CCc1ccc(C(=C[C@H]2CCCN2)c2ccc(Cl)c(=O)[nH]2)cc1. The van der Waals surface area contributed by atoms with Crippen molar-refractivity contribution in [1.82, 2.24) is 10.3 Å². The second kappa shape index (κ2) is 7.16. The number of halogens is 1. The van der Waals surface area contributed by atoms with Crippen molar-refractivity contribution in [2.45, 2.75) is 32.2 Å². The highest BCUT2D eigenvalue weighted by atomic mass is 35.5. The fourth-order valence-corrected chi connectivity index (χ4v) is 3.04. The molecule has 3 rings (SSSR count). The van der Waals surface area contributed by atoms with Crippen LogP contribution in [-0.2, 0) is 6.42 Å². The molecule has 0 unspecified atom stereocenters. The smallest absolute Gasteiger partial charge is 0.267 e. The minimum absolute atomic E-state index is 0.216. The summed E-state index contributed by atoms with van der Waals surface area (Å²) in [5.74, 6) is 0. The highest BCUT2D eigenvalue weighted by molar-refractivity contribution is 6.30. The fraction of sp³-hybridized carbons (Fsp3) is 0.316. The van der Waals surface area contributed by atoms with E-state index in [0.717, 1.165) is 36.2 Å². The van der Waals surface area contributed by atoms with Gasteiger partial charge in [0, 0.05) is 17.3 Å². The van der Waals surface area contributed by atoms with Crippen molar-refractivity contribution in [3.05, 3.63) is 74.7 Å². The van der Waals surface area contributed by atoms with E-state index in [1.165, 1.54) is 12.0 Å². The van der Waals surface area contributed by atoms with Crippen LogP contribution in [0.5, 0.6) is 0 Å². The average Bonchev–Trinajstić information content (AvgIpc) is 3.09. The van der Waals surface area contributed by atoms with E-state index in [9.17, 15) is 4.79 Å². The molecule has 120 valence electrons. The van der Waals surface area contributed by atoms with Crippen molar-refractivity contribution in [2.24, 2.45) is 0 Å². The molecule has 1 aliphatic rings. The molecule has 0 spiro atoms. The number of aromatic nitrogens is 1. The molecule has 0 radical (unpaired) electrons. The third-order valence-corrected chi connectivity index (χ3v) is 4.59. The summed E-state index contributed by atoms with van der Waals surface area (Å²) < 4.78 is 0. The molecular weight excluding hydrogens is 308 g/mol. The zero-order valence-electron chi connectivity index (χ0n) is 13.2. The minimum Gasteiger partial charge on any atom is -0.321 e. The Labute approximate surface area is 141 Å². The van der Waals surface area contributed by atoms with E-state index < -0.39 is 0 Å². The highest BCUT2D eigenvalue weighted by Gasteiger charge is 2.15. The number of rotatable bonds is 4. The van der Waals surface area contributed by atoms with Gasteiger partial charge in [0.2, 0.25) is 0 Å². The van der Waals surface area contributed by atoms with E-state index in [1.807, 2.05) is 6.07 Å². The Hall–Kier alpha value is -1.84. The van der Waals surface area contributed by atoms with Crippen LogP contribution in [0.25, 0.3) is 5.57 Å². The van der Waals surface area contributed by atoms with Crippen LogP contribution in [0.4, 0.5) is 0 Å². The van der Waals surface area contributed by atoms with Crippen LogP contribution in [0.15, 0.2) is 47.3 Å². The van der Waals surface area contributed by atoms with E-state index >= 15 is 0 Å². The number of H-pyrrole nitrogens is 1. The van der Waals surface area contributed by atoms with Crippen molar-refractivity contribution in [3.8, 4) is 0 Å². The molecule has 3 nitrogen and oxygen atoms in total. The van der Waals surface area contributed by atoms with E-state index in [1.54, 1.807) is 6.07 Å². The molecule has 1 aromatic heterocycles. The van der Waals surface area contributed by atoms with Crippen LogP contribution < -0.4 is 10.9 Å². The maximum Gasteiger partial charge on any atom is 0.267 e. The molecule has 0 saturated carbocycles. The van der Waals surface area contributed by atoms with Crippen molar-refractivity contribution < 1.29 is 0 Å². The lowest BCUT2D eigenvalue weighted by atomic mass is 9.97. The number of nitrogens with one attached hydrogen (secondary N) is 2. The first kappa shape index (κ1) is 16.0. The molecule has 1 aromatic carbocycles. The molecule has 1 fully saturated rings. The highest BCUT2D eigenvalue weighted by Crippen LogP contribution is 2.24. The Morgan fingerprint density at radius 2 is 2.04 bits per heavy atom. The number of pyridine rings is 1. The van der Waals surface area contributed by atoms with E-state index in [-0.39, 0.29) is 10.6 Å². The molecule has 2 aromatic rings. The standard InChI is InChI=1S/C19H21ClN2O/c1-2-13-5-7-14(8-6-13)16(12-15-4-3-11-21-15)18-10-9-17(20)19(23)22-18/h5-10,12,15,21H,2-4,11H2,1H3,(H,22,23)/t15-/m1/s1. The largest absolute Gasteiger partial charge is 0.321 e. The molecule has 1 saturated heterocycles. The molecular formula is C19H21ClN2O. The molecule has 0 bridgehead atoms. The van der Waals surface area contributed by atoms with Gasteiger partial charge >= 0.3 is 0 Å². The second-order valence-corrected chi connectivity index (χ2v) is 6.29. The van der Waals surface area contributed by atoms with Crippen molar-refractivity contribution in [3.63, 3.8) is 0 Å². The number of aryl methyl sites for hydroxylation is 1. The first-order valence-corrected chi connectivity index (χ1v) is 8.49. The number of hydrogen-bond donors (Lipinski definition) is 2. The fourth-order valence-electron chi connectivity index (χ4n) is 2.93. The van der Waals surface area contributed by atoms with Crippen LogP contribution in [-0.4, -0.2) is 17.6 Å². The van der Waals surface area contributed by atoms with Gasteiger partial charge in [0.05, 0.1) is 0 Å². The summed E-state index contributed by atoms with van der Waals surface area (Å²) in [6.07, 6.45) is 5.53. The number of benzene rings is 1. The van der Waals surface area contributed by atoms with Gasteiger partial charge in [-0.05, 0) is 49.1 Å². The van der Waals surface area contributed by atoms with Crippen LogP contribution in [0, 0.1) is 0 Å². The first-order valence-electron chi connectivity index (χ1n) is 8.11. The maximum atomic E-state index is 11.9. The topological polar surface area (TPSA) is 44.9 Å².